The number of aromatic nitrogens is 1. The lowest BCUT2D eigenvalue weighted by molar-refractivity contribution is 0.0861. The SMILES string of the molecule is CCOC(=O)N1CCC(NC(=O)c2c(-c3coc4ccccc34)noc2N)CC1. The van der Waals surface area contributed by atoms with E-state index in [9.17, 15) is 9.59 Å². The molecule has 1 aliphatic heterocycles. The molecule has 152 valence electrons. The smallest absolute Gasteiger partial charge is 0.409 e. The lowest BCUT2D eigenvalue weighted by Crippen LogP contribution is -2.46. The monoisotopic (exact) mass is 398 g/mol. The third-order valence-electron chi connectivity index (χ3n) is 5.04. The summed E-state index contributed by atoms with van der Waals surface area (Å²) < 4.78 is 15.7. The molecule has 0 saturated carbocycles. The van der Waals surface area contributed by atoms with E-state index in [-0.39, 0.29) is 29.5 Å². The Labute approximate surface area is 166 Å². The molecular formula is C20H22N4O5. The maximum Gasteiger partial charge on any atom is 0.409 e. The highest BCUT2D eigenvalue weighted by atomic mass is 16.6. The second-order valence-corrected chi connectivity index (χ2v) is 6.85. The molecule has 0 bridgehead atoms. The molecule has 0 radical (unpaired) electrons. The topological polar surface area (TPSA) is 124 Å². The van der Waals surface area contributed by atoms with Crippen molar-refractivity contribution in [3.8, 4) is 11.3 Å². The highest BCUT2D eigenvalue weighted by Crippen LogP contribution is 2.34. The van der Waals surface area contributed by atoms with Crippen LogP contribution in [0.3, 0.4) is 0 Å². The van der Waals surface area contributed by atoms with Crippen LogP contribution in [0, 0.1) is 0 Å². The van der Waals surface area contributed by atoms with Crippen molar-refractivity contribution < 1.29 is 23.3 Å². The van der Waals surface area contributed by atoms with Crippen LogP contribution in [0.5, 0.6) is 0 Å². The van der Waals surface area contributed by atoms with Crippen molar-refractivity contribution in [1.82, 2.24) is 15.4 Å². The fourth-order valence-corrected chi connectivity index (χ4v) is 3.55. The molecule has 1 aromatic carbocycles. The number of para-hydroxylation sites is 1. The predicted molar refractivity (Wildman–Crippen MR) is 105 cm³/mol. The Bertz CT molecular complexity index is 1030. The number of nitrogens with two attached hydrogens (primary N) is 1. The van der Waals surface area contributed by atoms with Crippen LogP contribution in [0.4, 0.5) is 10.7 Å². The van der Waals surface area contributed by atoms with E-state index < -0.39 is 0 Å². The van der Waals surface area contributed by atoms with Crippen LogP contribution < -0.4 is 11.1 Å². The van der Waals surface area contributed by atoms with Gasteiger partial charge in [-0.2, -0.15) is 0 Å². The second kappa shape index (κ2) is 7.86. The Balaban J connectivity index is 1.49. The van der Waals surface area contributed by atoms with E-state index in [4.69, 9.17) is 19.4 Å². The molecule has 1 aliphatic rings. The Morgan fingerprint density at radius 2 is 2.07 bits per heavy atom. The molecule has 2 aromatic heterocycles. The fourth-order valence-electron chi connectivity index (χ4n) is 3.55. The van der Waals surface area contributed by atoms with E-state index in [1.54, 1.807) is 11.8 Å². The quantitative estimate of drug-likeness (QED) is 0.692. The molecule has 0 atom stereocenters. The number of piperidine rings is 1. The van der Waals surface area contributed by atoms with Crippen LogP contribution in [0.1, 0.15) is 30.1 Å². The summed E-state index contributed by atoms with van der Waals surface area (Å²) in [5.41, 5.74) is 7.75. The van der Waals surface area contributed by atoms with Gasteiger partial charge in [0.2, 0.25) is 5.88 Å². The Hall–Kier alpha value is -3.49. The third-order valence-corrected chi connectivity index (χ3v) is 5.04. The van der Waals surface area contributed by atoms with E-state index in [1.807, 2.05) is 24.3 Å². The van der Waals surface area contributed by atoms with E-state index in [2.05, 4.69) is 10.5 Å². The zero-order valence-corrected chi connectivity index (χ0v) is 16.0. The number of hydrogen-bond acceptors (Lipinski definition) is 7. The molecular weight excluding hydrogens is 376 g/mol. The van der Waals surface area contributed by atoms with E-state index >= 15 is 0 Å². The maximum absolute atomic E-state index is 12.9. The number of hydrogen-bond donors (Lipinski definition) is 2. The van der Waals surface area contributed by atoms with Crippen LogP contribution in [0.2, 0.25) is 0 Å². The molecule has 1 fully saturated rings. The number of benzene rings is 1. The van der Waals surface area contributed by atoms with Crippen molar-refractivity contribution in [2.24, 2.45) is 0 Å². The van der Waals surface area contributed by atoms with Crippen molar-refractivity contribution in [3.63, 3.8) is 0 Å². The van der Waals surface area contributed by atoms with Gasteiger partial charge in [0, 0.05) is 24.5 Å². The molecule has 2 amide bonds. The number of carbonyl (C=O) groups excluding carboxylic acids is 2. The first kappa shape index (κ1) is 18.9. The average molecular weight is 398 g/mol. The Kier molecular flexibility index (Phi) is 5.11. The number of nitrogens with zero attached hydrogens (tertiary/aromatic N) is 2. The van der Waals surface area contributed by atoms with Crippen LogP contribution in [0.25, 0.3) is 22.2 Å². The van der Waals surface area contributed by atoms with E-state index in [0.29, 0.717) is 49.4 Å². The summed E-state index contributed by atoms with van der Waals surface area (Å²) >= 11 is 0. The van der Waals surface area contributed by atoms with Gasteiger partial charge in [0.1, 0.15) is 23.1 Å². The summed E-state index contributed by atoms with van der Waals surface area (Å²) in [6, 6.07) is 7.37. The molecule has 1 saturated heterocycles. The van der Waals surface area contributed by atoms with Crippen LogP contribution in [0.15, 0.2) is 39.5 Å². The minimum Gasteiger partial charge on any atom is -0.464 e. The van der Waals surface area contributed by atoms with Gasteiger partial charge in [-0.3, -0.25) is 4.79 Å². The van der Waals surface area contributed by atoms with Crippen molar-refractivity contribution in [1.29, 1.82) is 0 Å². The van der Waals surface area contributed by atoms with Gasteiger partial charge in [-0.25, -0.2) is 4.79 Å². The number of anilines is 1. The fraction of sp³-hybridized carbons (Fsp3) is 0.350. The van der Waals surface area contributed by atoms with Crippen LogP contribution in [-0.2, 0) is 4.74 Å². The number of carbonyl (C=O) groups is 2. The minimum atomic E-state index is -0.362. The minimum absolute atomic E-state index is 0.0493. The number of furan rings is 1. The maximum atomic E-state index is 12.9. The normalized spacial score (nSPS) is 14.9. The number of nitrogen functional groups attached to an aromatic ring is 1. The van der Waals surface area contributed by atoms with Crippen molar-refractivity contribution in [2.75, 3.05) is 25.4 Å². The van der Waals surface area contributed by atoms with Gasteiger partial charge in [0.15, 0.2) is 0 Å². The molecule has 0 unspecified atom stereocenters. The molecule has 9 heteroatoms. The Morgan fingerprint density at radius 1 is 1.31 bits per heavy atom. The highest BCUT2D eigenvalue weighted by molar-refractivity contribution is 6.07. The van der Waals surface area contributed by atoms with Gasteiger partial charge in [-0.1, -0.05) is 23.4 Å². The molecule has 0 spiro atoms. The number of fused-ring (bicyclic) bond motifs is 1. The third kappa shape index (κ3) is 3.63. The summed E-state index contributed by atoms with van der Waals surface area (Å²) in [7, 11) is 0. The van der Waals surface area contributed by atoms with Gasteiger partial charge < -0.3 is 29.6 Å². The first-order valence-corrected chi connectivity index (χ1v) is 9.52. The number of ether oxygens (including phenoxy) is 1. The number of rotatable bonds is 4. The first-order valence-electron chi connectivity index (χ1n) is 9.52. The summed E-state index contributed by atoms with van der Waals surface area (Å²) in [6.07, 6.45) is 2.46. The summed E-state index contributed by atoms with van der Waals surface area (Å²) in [6.45, 7) is 3.15. The van der Waals surface area contributed by atoms with Crippen LogP contribution in [-0.4, -0.2) is 47.8 Å². The van der Waals surface area contributed by atoms with Gasteiger partial charge in [-0.05, 0) is 25.8 Å². The number of nitrogens with one attached hydrogen (secondary N) is 1. The average Bonchev–Trinajstić information content (AvgIpc) is 3.32. The van der Waals surface area contributed by atoms with Gasteiger partial charge in [0.05, 0.1) is 12.2 Å². The molecule has 29 heavy (non-hydrogen) atoms. The van der Waals surface area contributed by atoms with Crippen LogP contribution >= 0.6 is 0 Å². The van der Waals surface area contributed by atoms with E-state index in [1.165, 1.54) is 6.26 Å². The predicted octanol–water partition coefficient (Wildman–Crippen LogP) is 3.02. The molecule has 3 N–H and O–H groups in total. The van der Waals surface area contributed by atoms with Gasteiger partial charge in [0.25, 0.3) is 5.91 Å². The second-order valence-electron chi connectivity index (χ2n) is 6.85. The largest absolute Gasteiger partial charge is 0.464 e. The molecule has 3 aromatic rings. The molecule has 0 aliphatic carbocycles. The van der Waals surface area contributed by atoms with E-state index in [0.717, 1.165) is 5.39 Å². The van der Waals surface area contributed by atoms with Crippen molar-refractivity contribution >= 4 is 28.9 Å². The van der Waals surface area contributed by atoms with Crippen molar-refractivity contribution in [2.45, 2.75) is 25.8 Å². The number of likely N-dealkylation sites (tertiary alicyclic amines) is 1. The lowest BCUT2D eigenvalue weighted by Gasteiger charge is -2.31. The standard InChI is InChI=1S/C20H22N4O5/c1-2-27-20(26)24-9-7-12(8-10-24)22-19(25)16-17(23-29-18(16)21)14-11-28-15-6-4-3-5-13(14)15/h3-6,11-12H,2,7-10,21H2,1H3,(H,22,25). The van der Waals surface area contributed by atoms with Crippen molar-refractivity contribution in [3.05, 3.63) is 36.1 Å². The Morgan fingerprint density at radius 3 is 2.83 bits per heavy atom. The summed E-state index contributed by atoms with van der Waals surface area (Å²) in [4.78, 5) is 26.4. The lowest BCUT2D eigenvalue weighted by atomic mass is 10.0. The van der Waals surface area contributed by atoms with Gasteiger partial charge in [-0.15, -0.1) is 0 Å². The summed E-state index contributed by atoms with van der Waals surface area (Å²) in [5.74, 6) is -0.412. The highest BCUT2D eigenvalue weighted by Gasteiger charge is 2.29. The number of amides is 2. The first-order chi connectivity index (χ1) is 14.1. The zero-order valence-electron chi connectivity index (χ0n) is 16.0. The molecule has 3 heterocycles. The molecule has 4 rings (SSSR count). The zero-order chi connectivity index (χ0) is 20.4. The summed E-state index contributed by atoms with van der Waals surface area (Å²) in [5, 5.41) is 7.78. The van der Waals surface area contributed by atoms with Gasteiger partial charge >= 0.3 is 6.09 Å². The molecule has 9 nitrogen and oxygen atoms in total.